The van der Waals surface area contributed by atoms with Gasteiger partial charge in [-0.2, -0.15) is 0 Å². The minimum atomic E-state index is -1.99. The number of H-pyrrole nitrogens is 1. The highest BCUT2D eigenvalue weighted by molar-refractivity contribution is 5.98. The van der Waals surface area contributed by atoms with E-state index in [1.807, 2.05) is 27.7 Å². The second kappa shape index (κ2) is 9.53. The van der Waals surface area contributed by atoms with Crippen molar-refractivity contribution < 1.29 is 24.2 Å². The molecule has 4 aliphatic heterocycles. The second-order valence-corrected chi connectivity index (χ2v) is 13.7. The van der Waals surface area contributed by atoms with Crippen molar-refractivity contribution in [1.29, 1.82) is 0 Å². The van der Waals surface area contributed by atoms with E-state index in [1.165, 1.54) is 21.4 Å². The lowest BCUT2D eigenvalue weighted by atomic mass is 9.72. The number of aliphatic hydroxyl groups is 1. The largest absolute Gasteiger partial charge is 0.361 e. The smallest absolute Gasteiger partial charge is 0.281 e. The van der Waals surface area contributed by atoms with Gasteiger partial charge < -0.3 is 25.2 Å². The lowest BCUT2D eigenvalue weighted by Gasteiger charge is -2.50. The zero-order valence-corrected chi connectivity index (χ0v) is 25.2. The third kappa shape index (κ3) is 3.64. The molecule has 10 nitrogen and oxygen atoms in total. The van der Waals surface area contributed by atoms with Gasteiger partial charge in [0, 0.05) is 48.1 Å². The molecule has 0 radical (unpaired) electrons. The van der Waals surface area contributed by atoms with Crippen molar-refractivity contribution in [3.63, 3.8) is 0 Å². The highest BCUT2D eigenvalue weighted by atomic mass is 16.7. The summed E-state index contributed by atoms with van der Waals surface area (Å²) in [5.74, 6) is -3.79. The molecule has 1 aromatic heterocycles. The van der Waals surface area contributed by atoms with E-state index in [2.05, 4.69) is 46.6 Å². The van der Waals surface area contributed by atoms with E-state index in [0.717, 1.165) is 18.4 Å². The Labute approximate surface area is 246 Å². The van der Waals surface area contributed by atoms with Gasteiger partial charge in [0.25, 0.3) is 11.8 Å². The summed E-state index contributed by atoms with van der Waals surface area (Å²) in [7, 11) is 2.07. The monoisotopic (exact) mass is 577 g/mol. The number of aromatic nitrogens is 1. The molecule has 0 saturated carbocycles. The van der Waals surface area contributed by atoms with Crippen LogP contribution in [0.5, 0.6) is 0 Å². The molecule has 4 fully saturated rings. The first-order valence-electron chi connectivity index (χ1n) is 15.7. The van der Waals surface area contributed by atoms with Gasteiger partial charge in [0.1, 0.15) is 12.1 Å². The van der Waals surface area contributed by atoms with Crippen LogP contribution in [0.4, 0.5) is 0 Å². The summed E-state index contributed by atoms with van der Waals surface area (Å²) in [5.41, 5.74) is 1.93. The van der Waals surface area contributed by atoms with Crippen molar-refractivity contribution in [3.05, 3.63) is 35.5 Å². The fraction of sp³-hybridized carbons (Fsp3) is 0.656. The van der Waals surface area contributed by atoms with Crippen LogP contribution >= 0.6 is 0 Å². The summed E-state index contributed by atoms with van der Waals surface area (Å²) >= 11 is 0. The van der Waals surface area contributed by atoms with Crippen molar-refractivity contribution in [2.75, 3.05) is 20.1 Å². The lowest BCUT2D eigenvalue weighted by Crippen LogP contribution is -2.72. The van der Waals surface area contributed by atoms with Gasteiger partial charge in [0.15, 0.2) is 0 Å². The summed E-state index contributed by atoms with van der Waals surface area (Å²) in [6, 6.07) is 5.12. The number of rotatable bonds is 5. The molecule has 10 heteroatoms. The maximum absolute atomic E-state index is 14.5. The molecule has 3 amide bonds. The summed E-state index contributed by atoms with van der Waals surface area (Å²) in [5, 5.41) is 16.5. The van der Waals surface area contributed by atoms with Gasteiger partial charge in [-0.25, -0.2) is 0 Å². The molecule has 7 rings (SSSR count). The van der Waals surface area contributed by atoms with Crippen LogP contribution < -0.4 is 5.32 Å². The van der Waals surface area contributed by atoms with E-state index in [1.54, 1.807) is 4.90 Å². The van der Waals surface area contributed by atoms with Crippen molar-refractivity contribution in [2.45, 2.75) is 95.5 Å². The lowest BCUT2D eigenvalue weighted by molar-refractivity contribution is -0.324. The Morgan fingerprint density at radius 1 is 1.26 bits per heavy atom. The van der Waals surface area contributed by atoms with Crippen molar-refractivity contribution in [1.82, 2.24) is 25.0 Å². The SMILES string of the molecule is CC[C@@H](C)C1C(=O)N2CCC[C@H]2C2(O)O[C@](NC(=O)[C@@H]3CC4c5cccc6[nH]cc(c56)C[C@H]4N(C)C3)(C(C)C)C(=O)N12. The fourth-order valence-electron chi connectivity index (χ4n) is 8.64. The average Bonchev–Trinajstić information content (AvgIpc) is 3.68. The van der Waals surface area contributed by atoms with Crippen molar-refractivity contribution in [2.24, 2.45) is 17.8 Å². The first-order valence-corrected chi connectivity index (χ1v) is 15.7. The van der Waals surface area contributed by atoms with Crippen LogP contribution in [-0.4, -0.2) is 92.4 Å². The summed E-state index contributed by atoms with van der Waals surface area (Å²) in [6.07, 6.45) is 5.60. The number of amides is 3. The maximum atomic E-state index is 14.5. The predicted octanol–water partition coefficient (Wildman–Crippen LogP) is 2.52. The molecular weight excluding hydrogens is 534 g/mol. The van der Waals surface area contributed by atoms with Crippen LogP contribution in [0.15, 0.2) is 24.4 Å². The number of piperazine rings is 1. The van der Waals surface area contributed by atoms with Crippen LogP contribution in [0.2, 0.25) is 0 Å². The molecule has 226 valence electrons. The van der Waals surface area contributed by atoms with E-state index in [0.29, 0.717) is 32.4 Å². The van der Waals surface area contributed by atoms with Crippen LogP contribution in [0.3, 0.4) is 0 Å². The second-order valence-electron chi connectivity index (χ2n) is 13.7. The number of fused-ring (bicyclic) bond motifs is 5. The number of aromatic amines is 1. The van der Waals surface area contributed by atoms with Crippen LogP contribution in [0, 0.1) is 17.8 Å². The maximum Gasteiger partial charge on any atom is 0.281 e. The number of hydrogen-bond acceptors (Lipinski definition) is 6. The number of hydrogen-bond donors (Lipinski definition) is 3. The number of likely N-dealkylation sites (N-methyl/N-ethyl adjacent to an activating group) is 1. The van der Waals surface area contributed by atoms with E-state index in [9.17, 15) is 19.5 Å². The first kappa shape index (κ1) is 27.9. The number of ether oxygens (including phenoxy) is 1. The van der Waals surface area contributed by atoms with Crippen molar-refractivity contribution in [3.8, 4) is 0 Å². The Balaban J connectivity index is 1.21. The zero-order valence-electron chi connectivity index (χ0n) is 25.2. The number of benzene rings is 1. The zero-order chi connectivity index (χ0) is 29.7. The standard InChI is InChI=1S/C32H43N5O5/c1-6-18(4)27-29(39)36-12-8-11-25(36)32(41)37(27)30(40)31(42-32,17(2)3)34-28(38)20-13-22-21-9-7-10-23-26(21)19(15-33-23)14-24(22)35(5)16-20/h7,9-10,15,17-18,20,22,24-25,27,33,41H,6,8,11-14,16H2,1-5H3,(H,34,38)/t18-,20-,22?,24-,25+,27?,31-,32?/m1/s1. The van der Waals surface area contributed by atoms with E-state index < -0.39 is 35.5 Å². The molecule has 4 saturated heterocycles. The Bertz CT molecular complexity index is 1460. The molecule has 0 spiro atoms. The third-order valence-electron chi connectivity index (χ3n) is 11.1. The molecule has 1 aromatic carbocycles. The topological polar surface area (TPSA) is 118 Å². The summed E-state index contributed by atoms with van der Waals surface area (Å²) in [4.78, 5) is 51.0. The normalized spacial score (nSPS) is 36.8. The van der Waals surface area contributed by atoms with Gasteiger partial charge in [-0.05, 0) is 55.8 Å². The fourth-order valence-corrected chi connectivity index (χ4v) is 8.64. The molecule has 3 N–H and O–H groups in total. The van der Waals surface area contributed by atoms with Gasteiger partial charge in [-0.1, -0.05) is 46.2 Å². The number of piperidine rings is 1. The third-order valence-corrected chi connectivity index (χ3v) is 11.1. The number of likely N-dealkylation sites (tertiary alicyclic amines) is 1. The Kier molecular flexibility index (Phi) is 6.32. The molecule has 5 aliphatic rings. The molecule has 1 aliphatic carbocycles. The minimum absolute atomic E-state index is 0.144. The van der Waals surface area contributed by atoms with Crippen LogP contribution in [-0.2, 0) is 25.5 Å². The molecule has 2 aromatic rings. The van der Waals surface area contributed by atoms with Gasteiger partial charge in [0.2, 0.25) is 17.5 Å². The Morgan fingerprint density at radius 2 is 2.05 bits per heavy atom. The van der Waals surface area contributed by atoms with Crippen molar-refractivity contribution >= 4 is 28.6 Å². The van der Waals surface area contributed by atoms with Gasteiger partial charge >= 0.3 is 0 Å². The molecule has 0 bridgehead atoms. The highest BCUT2D eigenvalue weighted by Crippen LogP contribution is 2.49. The number of carbonyl (C=O) groups excluding carboxylic acids is 3. The average molecular weight is 578 g/mol. The predicted molar refractivity (Wildman–Crippen MR) is 156 cm³/mol. The number of carbonyl (C=O) groups is 3. The van der Waals surface area contributed by atoms with E-state index in [-0.39, 0.29) is 35.6 Å². The molecule has 3 unspecified atom stereocenters. The van der Waals surface area contributed by atoms with Gasteiger partial charge in [-0.15, -0.1) is 0 Å². The van der Waals surface area contributed by atoms with Gasteiger partial charge in [0.05, 0.1) is 5.92 Å². The Morgan fingerprint density at radius 3 is 2.79 bits per heavy atom. The molecular formula is C32H43N5O5. The highest BCUT2D eigenvalue weighted by Gasteiger charge is 2.72. The Hall–Kier alpha value is -2.95. The molecule has 42 heavy (non-hydrogen) atoms. The minimum Gasteiger partial charge on any atom is -0.361 e. The number of nitrogens with one attached hydrogen (secondary N) is 2. The quantitative estimate of drug-likeness (QED) is 0.503. The molecule has 8 atom stereocenters. The van der Waals surface area contributed by atoms with E-state index in [4.69, 9.17) is 4.74 Å². The number of nitrogens with zero attached hydrogens (tertiary/aromatic N) is 3. The van der Waals surface area contributed by atoms with Crippen LogP contribution in [0.1, 0.15) is 70.4 Å². The summed E-state index contributed by atoms with van der Waals surface area (Å²) in [6.45, 7) is 8.63. The molecule has 5 heterocycles. The van der Waals surface area contributed by atoms with Gasteiger partial charge in [-0.3, -0.25) is 24.0 Å². The van der Waals surface area contributed by atoms with Crippen LogP contribution in [0.25, 0.3) is 10.9 Å². The first-order chi connectivity index (χ1) is 20.0. The summed E-state index contributed by atoms with van der Waals surface area (Å²) < 4.78 is 6.47. The van der Waals surface area contributed by atoms with E-state index >= 15 is 0 Å².